The van der Waals surface area contributed by atoms with Crippen molar-refractivity contribution in [2.24, 2.45) is 0 Å². The third kappa shape index (κ3) is 10.5. The number of rotatable bonds is 8. The Balaban J connectivity index is 2.86. The van der Waals surface area contributed by atoms with Crippen LogP contribution in [0.2, 0.25) is 0 Å². The molecule has 1 fully saturated rings. The van der Waals surface area contributed by atoms with Crippen molar-refractivity contribution in [2.75, 3.05) is 85.6 Å². The van der Waals surface area contributed by atoms with Gasteiger partial charge in [0, 0.05) is 52.4 Å². The normalized spacial score (nSPS) is 19.5. The Kier molecular flexibility index (Phi) is 11.7. The van der Waals surface area contributed by atoms with Crippen LogP contribution in [-0.4, -0.2) is 133 Å². The molecule has 0 atom stereocenters. The van der Waals surface area contributed by atoms with E-state index in [9.17, 15) is 14.4 Å². The van der Waals surface area contributed by atoms with Gasteiger partial charge >= 0.3 is 17.9 Å². The second-order valence-electron chi connectivity index (χ2n) is 7.03. The van der Waals surface area contributed by atoms with Crippen molar-refractivity contribution in [3.8, 4) is 0 Å². The predicted molar refractivity (Wildman–Crippen MR) is 103 cm³/mol. The quantitative estimate of drug-likeness (QED) is 0.488. The molecule has 0 aromatic rings. The number of hydrogen-bond acceptors (Lipinski definition) is 8. The molecule has 0 amide bonds. The number of aliphatic carboxylic acids is 2. The van der Waals surface area contributed by atoms with E-state index < -0.39 is 11.9 Å². The molecule has 1 rings (SSSR count). The Hall–Kier alpha value is -1.75. The molecule has 0 aliphatic carbocycles. The van der Waals surface area contributed by atoms with Crippen molar-refractivity contribution in [1.82, 2.24) is 19.6 Å². The van der Waals surface area contributed by atoms with E-state index in [1.165, 1.54) is 7.11 Å². The van der Waals surface area contributed by atoms with E-state index in [-0.39, 0.29) is 25.6 Å². The van der Waals surface area contributed by atoms with Gasteiger partial charge in [-0.05, 0) is 13.0 Å². The fraction of sp³-hybridized carbons (Fsp3) is 0.833. The van der Waals surface area contributed by atoms with Crippen LogP contribution >= 0.6 is 0 Å². The van der Waals surface area contributed by atoms with Crippen molar-refractivity contribution in [3.05, 3.63) is 0 Å². The van der Waals surface area contributed by atoms with Crippen molar-refractivity contribution in [2.45, 2.75) is 13.3 Å². The summed E-state index contributed by atoms with van der Waals surface area (Å²) in [6, 6.07) is 0. The first-order valence-electron chi connectivity index (χ1n) is 9.73. The summed E-state index contributed by atoms with van der Waals surface area (Å²) in [6.45, 7) is 7.71. The maximum atomic E-state index is 11.7. The number of esters is 1. The van der Waals surface area contributed by atoms with E-state index in [4.69, 9.17) is 14.9 Å². The van der Waals surface area contributed by atoms with Crippen LogP contribution in [0.4, 0.5) is 0 Å². The number of ether oxygens (including phenoxy) is 1. The second-order valence-corrected chi connectivity index (χ2v) is 7.03. The van der Waals surface area contributed by atoms with Crippen molar-refractivity contribution < 1.29 is 29.3 Å². The van der Waals surface area contributed by atoms with Crippen LogP contribution in [0.25, 0.3) is 0 Å². The van der Waals surface area contributed by atoms with Gasteiger partial charge in [-0.15, -0.1) is 0 Å². The fourth-order valence-electron chi connectivity index (χ4n) is 3.22. The summed E-state index contributed by atoms with van der Waals surface area (Å²) in [7, 11) is 1.36. The molecule has 1 heterocycles. The lowest BCUT2D eigenvalue weighted by molar-refractivity contribution is -0.142. The van der Waals surface area contributed by atoms with Crippen LogP contribution in [-0.2, 0) is 19.1 Å². The minimum atomic E-state index is -0.925. The molecular formula is C18H34N4O6. The van der Waals surface area contributed by atoms with Gasteiger partial charge in [-0.2, -0.15) is 0 Å². The van der Waals surface area contributed by atoms with E-state index in [0.717, 1.165) is 26.1 Å². The number of carbonyl (C=O) groups excluding carboxylic acids is 1. The highest BCUT2D eigenvalue weighted by molar-refractivity contribution is 5.71. The SMILES string of the molecule is CCCN1CCN(CC(=O)O)CCN(CC(=O)O)CCN(CC(=O)OC)CC1. The zero-order chi connectivity index (χ0) is 20.9. The Morgan fingerprint density at radius 2 is 1.07 bits per heavy atom. The number of nitrogens with zero attached hydrogens (tertiary/aromatic N) is 4. The Labute approximate surface area is 166 Å². The summed E-state index contributed by atoms with van der Waals surface area (Å²) in [5.41, 5.74) is 0. The van der Waals surface area contributed by atoms with Gasteiger partial charge in [0.05, 0.1) is 26.7 Å². The summed E-state index contributed by atoms with van der Waals surface area (Å²) < 4.78 is 4.78. The van der Waals surface area contributed by atoms with Gasteiger partial charge in [0.25, 0.3) is 0 Å². The number of carboxylic acid groups (broad SMARTS) is 2. The van der Waals surface area contributed by atoms with E-state index >= 15 is 0 Å². The van der Waals surface area contributed by atoms with E-state index in [1.807, 2.05) is 9.80 Å². The lowest BCUT2D eigenvalue weighted by Gasteiger charge is -2.33. The number of carbonyl (C=O) groups is 3. The Bertz CT molecular complexity index is 504. The van der Waals surface area contributed by atoms with Crippen molar-refractivity contribution in [1.29, 1.82) is 0 Å². The molecule has 0 radical (unpaired) electrons. The van der Waals surface area contributed by atoms with Crippen LogP contribution in [0, 0.1) is 0 Å². The van der Waals surface area contributed by atoms with Gasteiger partial charge in [0.1, 0.15) is 0 Å². The molecule has 0 saturated carbocycles. The fourth-order valence-corrected chi connectivity index (χ4v) is 3.22. The molecule has 1 aliphatic heterocycles. The maximum absolute atomic E-state index is 11.7. The largest absolute Gasteiger partial charge is 0.480 e. The molecule has 162 valence electrons. The molecule has 0 bridgehead atoms. The van der Waals surface area contributed by atoms with Crippen LogP contribution in [0.1, 0.15) is 13.3 Å². The molecule has 0 aromatic carbocycles. The van der Waals surface area contributed by atoms with E-state index in [2.05, 4.69) is 11.8 Å². The molecule has 28 heavy (non-hydrogen) atoms. The van der Waals surface area contributed by atoms with Gasteiger partial charge in [-0.25, -0.2) is 0 Å². The maximum Gasteiger partial charge on any atom is 0.319 e. The van der Waals surface area contributed by atoms with Crippen molar-refractivity contribution >= 4 is 17.9 Å². The first-order valence-corrected chi connectivity index (χ1v) is 9.73. The monoisotopic (exact) mass is 402 g/mol. The summed E-state index contributed by atoms with van der Waals surface area (Å²) in [5, 5.41) is 18.3. The average Bonchev–Trinajstić information content (AvgIpc) is 2.62. The Morgan fingerprint density at radius 3 is 1.39 bits per heavy atom. The van der Waals surface area contributed by atoms with Gasteiger partial charge in [-0.1, -0.05) is 6.92 Å². The van der Waals surface area contributed by atoms with E-state index in [0.29, 0.717) is 39.3 Å². The lowest BCUT2D eigenvalue weighted by atomic mass is 10.3. The molecule has 10 nitrogen and oxygen atoms in total. The summed E-state index contributed by atoms with van der Waals surface area (Å²) in [6.07, 6.45) is 0.988. The lowest BCUT2D eigenvalue weighted by Crippen LogP contribution is -2.48. The highest BCUT2D eigenvalue weighted by Gasteiger charge is 2.20. The smallest absolute Gasteiger partial charge is 0.319 e. The molecular weight excluding hydrogens is 368 g/mol. The summed E-state index contributed by atoms with van der Waals surface area (Å²) in [5.74, 6) is -2.12. The average molecular weight is 402 g/mol. The molecule has 10 heteroatoms. The minimum absolute atomic E-state index is 0.0602. The predicted octanol–water partition coefficient (Wildman–Crippen LogP) is -1.04. The van der Waals surface area contributed by atoms with Gasteiger partial charge in [-0.3, -0.25) is 29.1 Å². The zero-order valence-corrected chi connectivity index (χ0v) is 17.0. The van der Waals surface area contributed by atoms with Gasteiger partial charge < -0.3 is 19.8 Å². The van der Waals surface area contributed by atoms with E-state index in [1.54, 1.807) is 4.90 Å². The van der Waals surface area contributed by atoms with Crippen LogP contribution in [0.5, 0.6) is 0 Å². The van der Waals surface area contributed by atoms with Gasteiger partial charge in [0.15, 0.2) is 0 Å². The number of carboxylic acids is 2. The second kappa shape index (κ2) is 13.4. The molecule has 0 unspecified atom stereocenters. The third-order valence-electron chi connectivity index (χ3n) is 4.77. The molecule has 2 N–H and O–H groups in total. The van der Waals surface area contributed by atoms with Gasteiger partial charge in [0.2, 0.25) is 0 Å². The van der Waals surface area contributed by atoms with Crippen molar-refractivity contribution in [3.63, 3.8) is 0 Å². The molecule has 0 aromatic heterocycles. The van der Waals surface area contributed by atoms with Crippen LogP contribution in [0.3, 0.4) is 0 Å². The highest BCUT2D eigenvalue weighted by Crippen LogP contribution is 2.02. The number of methoxy groups -OCH3 is 1. The first-order chi connectivity index (χ1) is 13.3. The zero-order valence-electron chi connectivity index (χ0n) is 17.0. The molecule has 1 aliphatic rings. The minimum Gasteiger partial charge on any atom is -0.480 e. The Morgan fingerprint density at radius 1 is 0.714 bits per heavy atom. The molecule has 1 saturated heterocycles. The molecule has 0 spiro atoms. The first kappa shape index (κ1) is 24.3. The summed E-state index contributed by atoms with van der Waals surface area (Å²) in [4.78, 5) is 42.0. The topological polar surface area (TPSA) is 114 Å². The van der Waals surface area contributed by atoms with Crippen LogP contribution in [0.15, 0.2) is 0 Å². The summed E-state index contributed by atoms with van der Waals surface area (Å²) >= 11 is 0. The standard InChI is InChI=1S/C18H34N4O6/c1-3-4-19-5-7-20(13-16(23)24)9-10-21(14-17(25)26)11-12-22(8-6-19)15-18(27)28-2/h3-15H2,1-2H3,(H,23,24)(H,25,26). The third-order valence-corrected chi connectivity index (χ3v) is 4.77. The highest BCUT2D eigenvalue weighted by atomic mass is 16.5. The number of hydrogen-bond donors (Lipinski definition) is 2. The van der Waals surface area contributed by atoms with Crippen LogP contribution < -0.4 is 0 Å².